The molecular weight excluding hydrogens is 685 g/mol. The number of aromatic nitrogens is 4. The van der Waals surface area contributed by atoms with Crippen molar-refractivity contribution in [3.63, 3.8) is 0 Å². The Bertz CT molecular complexity index is 3240. The lowest BCUT2D eigenvalue weighted by atomic mass is 9.98. The van der Waals surface area contributed by atoms with Gasteiger partial charge in [0.1, 0.15) is 11.2 Å². The summed E-state index contributed by atoms with van der Waals surface area (Å²) in [5.74, 6) is 1.81. The van der Waals surface area contributed by atoms with Crippen molar-refractivity contribution in [3.8, 4) is 62.1 Å². The van der Waals surface area contributed by atoms with Gasteiger partial charge in [0.05, 0.1) is 11.0 Å². The van der Waals surface area contributed by atoms with Crippen LogP contribution in [0, 0.1) is 0 Å². The highest BCUT2D eigenvalue weighted by molar-refractivity contribution is 6.10. The van der Waals surface area contributed by atoms with E-state index in [1.807, 2.05) is 42.5 Å². The average molecular weight is 717 g/mol. The molecule has 3 heterocycles. The molecule has 0 aliphatic heterocycles. The lowest BCUT2D eigenvalue weighted by Gasteiger charge is -2.10. The summed E-state index contributed by atoms with van der Waals surface area (Å²) in [6, 6.07) is 67.5. The molecule has 8 aromatic carbocycles. The molecule has 11 aromatic rings. The molecule has 0 unspecified atom stereocenters. The monoisotopic (exact) mass is 716 g/mol. The van der Waals surface area contributed by atoms with Gasteiger partial charge in [-0.15, -0.1) is 0 Å². The molecule has 0 saturated carbocycles. The van der Waals surface area contributed by atoms with E-state index in [0.717, 1.165) is 71.9 Å². The van der Waals surface area contributed by atoms with Crippen molar-refractivity contribution >= 4 is 43.7 Å². The highest BCUT2D eigenvalue weighted by Gasteiger charge is 2.18. The molecule has 0 radical (unpaired) electrons. The molecule has 262 valence electrons. The van der Waals surface area contributed by atoms with Gasteiger partial charge in [0, 0.05) is 43.9 Å². The van der Waals surface area contributed by atoms with Crippen LogP contribution in [0.15, 0.2) is 199 Å². The molecule has 0 spiro atoms. The molecule has 0 fully saturated rings. The molecular formula is C51H32N4O. The fraction of sp³-hybridized carbons (Fsp3) is 0. The lowest BCUT2D eigenvalue weighted by molar-refractivity contribution is 0.669. The third kappa shape index (κ3) is 5.45. The van der Waals surface area contributed by atoms with E-state index in [4.69, 9.17) is 19.4 Å². The third-order valence-electron chi connectivity index (χ3n) is 10.6. The summed E-state index contributed by atoms with van der Waals surface area (Å²) >= 11 is 0. The molecule has 0 saturated heterocycles. The van der Waals surface area contributed by atoms with Crippen molar-refractivity contribution in [1.29, 1.82) is 0 Å². The van der Waals surface area contributed by atoms with E-state index >= 15 is 0 Å². The Hall–Kier alpha value is -7.63. The molecule has 0 aliphatic carbocycles. The minimum atomic E-state index is 0.585. The van der Waals surface area contributed by atoms with E-state index in [-0.39, 0.29) is 0 Å². The van der Waals surface area contributed by atoms with Crippen LogP contribution in [0.4, 0.5) is 0 Å². The van der Waals surface area contributed by atoms with Crippen molar-refractivity contribution < 1.29 is 4.42 Å². The molecule has 11 rings (SSSR count). The van der Waals surface area contributed by atoms with Gasteiger partial charge in [-0.25, -0.2) is 15.0 Å². The van der Waals surface area contributed by atoms with Crippen LogP contribution >= 0.6 is 0 Å². The number of fused-ring (bicyclic) bond motifs is 6. The van der Waals surface area contributed by atoms with Gasteiger partial charge in [-0.3, -0.25) is 0 Å². The van der Waals surface area contributed by atoms with Gasteiger partial charge in [0.25, 0.3) is 0 Å². The van der Waals surface area contributed by atoms with Crippen molar-refractivity contribution in [1.82, 2.24) is 19.5 Å². The highest BCUT2D eigenvalue weighted by Crippen LogP contribution is 2.37. The van der Waals surface area contributed by atoms with Crippen molar-refractivity contribution in [2.45, 2.75) is 0 Å². The normalized spacial score (nSPS) is 11.6. The Morgan fingerprint density at radius 2 is 0.839 bits per heavy atom. The van der Waals surface area contributed by atoms with E-state index < -0.39 is 0 Å². The minimum Gasteiger partial charge on any atom is -0.456 e. The number of benzene rings is 8. The van der Waals surface area contributed by atoms with Gasteiger partial charge >= 0.3 is 0 Å². The van der Waals surface area contributed by atoms with Crippen LogP contribution in [-0.2, 0) is 0 Å². The van der Waals surface area contributed by atoms with Crippen LogP contribution in [0.1, 0.15) is 0 Å². The molecule has 0 amide bonds. The largest absolute Gasteiger partial charge is 0.456 e. The number of para-hydroxylation sites is 2. The van der Waals surface area contributed by atoms with Crippen molar-refractivity contribution in [2.24, 2.45) is 0 Å². The number of nitrogens with zero attached hydrogens (tertiary/aromatic N) is 4. The molecule has 5 nitrogen and oxygen atoms in total. The first-order chi connectivity index (χ1) is 27.7. The Kier molecular flexibility index (Phi) is 7.42. The van der Waals surface area contributed by atoms with Gasteiger partial charge in [-0.2, -0.15) is 0 Å². The summed E-state index contributed by atoms with van der Waals surface area (Å²) in [5.41, 5.74) is 12.4. The maximum absolute atomic E-state index is 6.48. The number of furan rings is 1. The number of hydrogen-bond acceptors (Lipinski definition) is 4. The average Bonchev–Trinajstić information content (AvgIpc) is 3.82. The maximum Gasteiger partial charge on any atom is 0.164 e. The first-order valence-electron chi connectivity index (χ1n) is 18.8. The summed E-state index contributed by atoms with van der Waals surface area (Å²) in [7, 11) is 0. The van der Waals surface area contributed by atoms with Gasteiger partial charge in [0.2, 0.25) is 0 Å². The summed E-state index contributed by atoms with van der Waals surface area (Å²) < 4.78 is 8.80. The molecule has 3 aromatic heterocycles. The molecule has 5 heteroatoms. The molecule has 0 aliphatic rings. The Labute approximate surface area is 322 Å². The van der Waals surface area contributed by atoms with Crippen LogP contribution < -0.4 is 0 Å². The minimum absolute atomic E-state index is 0.585. The highest BCUT2D eigenvalue weighted by atomic mass is 16.3. The van der Waals surface area contributed by atoms with Gasteiger partial charge < -0.3 is 8.98 Å². The van der Waals surface area contributed by atoms with Gasteiger partial charge in [-0.1, -0.05) is 127 Å². The Morgan fingerprint density at radius 1 is 0.304 bits per heavy atom. The molecule has 56 heavy (non-hydrogen) atoms. The lowest BCUT2D eigenvalue weighted by Crippen LogP contribution is -2.00. The predicted octanol–water partition coefficient (Wildman–Crippen LogP) is 13.2. The van der Waals surface area contributed by atoms with Crippen molar-refractivity contribution in [3.05, 3.63) is 194 Å². The Morgan fingerprint density at radius 3 is 1.61 bits per heavy atom. The standard InChI is InChI=1S/C51H32N4O/c1-4-13-33(14-5-1)35-17-12-18-36(29-35)37-25-28-47-44(30-37)42-26-23-39(32-48(42)56-47)51-53-49(34-15-6-2-7-16-34)52-50(54-51)38-24-27-46-43(31-38)41-21-10-11-22-45(41)55(46)40-19-8-3-9-20-40/h1-32H. The van der Waals surface area contributed by atoms with E-state index in [1.165, 1.54) is 16.5 Å². The fourth-order valence-electron chi connectivity index (χ4n) is 7.92. The second kappa shape index (κ2) is 13.0. The van der Waals surface area contributed by atoms with Gasteiger partial charge in [-0.05, 0) is 89.0 Å². The van der Waals surface area contributed by atoms with Crippen LogP contribution in [0.3, 0.4) is 0 Å². The summed E-state index contributed by atoms with van der Waals surface area (Å²) in [5, 5.41) is 4.43. The van der Waals surface area contributed by atoms with E-state index in [2.05, 4.69) is 156 Å². The second-order valence-electron chi connectivity index (χ2n) is 14.1. The van der Waals surface area contributed by atoms with Crippen LogP contribution in [0.5, 0.6) is 0 Å². The van der Waals surface area contributed by atoms with Gasteiger partial charge in [0.15, 0.2) is 17.5 Å². The quantitative estimate of drug-likeness (QED) is 0.172. The van der Waals surface area contributed by atoms with Crippen molar-refractivity contribution in [2.75, 3.05) is 0 Å². The first-order valence-corrected chi connectivity index (χ1v) is 18.8. The SMILES string of the molecule is c1ccc(-c2cccc(-c3ccc4oc5cc(-c6nc(-c7ccccc7)nc(-c7ccc8c(c7)c7ccccc7n8-c7ccccc7)n6)ccc5c4c3)c2)cc1. The smallest absolute Gasteiger partial charge is 0.164 e. The fourth-order valence-corrected chi connectivity index (χ4v) is 7.92. The maximum atomic E-state index is 6.48. The Balaban J connectivity index is 1.02. The van der Waals surface area contributed by atoms with Crippen LogP contribution in [0.2, 0.25) is 0 Å². The van der Waals surface area contributed by atoms with E-state index in [0.29, 0.717) is 17.5 Å². The van der Waals surface area contributed by atoms with E-state index in [9.17, 15) is 0 Å². The van der Waals surface area contributed by atoms with Crippen LogP contribution in [0.25, 0.3) is 106 Å². The summed E-state index contributed by atoms with van der Waals surface area (Å²) in [6.45, 7) is 0. The topological polar surface area (TPSA) is 56.7 Å². The van der Waals surface area contributed by atoms with Crippen LogP contribution in [-0.4, -0.2) is 19.5 Å². The first kappa shape index (κ1) is 31.9. The number of rotatable bonds is 6. The second-order valence-corrected chi connectivity index (χ2v) is 14.1. The molecule has 0 bridgehead atoms. The number of hydrogen-bond donors (Lipinski definition) is 0. The van der Waals surface area contributed by atoms with E-state index in [1.54, 1.807) is 0 Å². The summed E-state index contributed by atoms with van der Waals surface area (Å²) in [4.78, 5) is 15.2. The molecule has 0 atom stereocenters. The summed E-state index contributed by atoms with van der Waals surface area (Å²) in [6.07, 6.45) is 0. The molecule has 0 N–H and O–H groups in total. The zero-order chi connectivity index (χ0) is 37.0. The zero-order valence-corrected chi connectivity index (χ0v) is 30.2. The zero-order valence-electron chi connectivity index (χ0n) is 30.2. The predicted molar refractivity (Wildman–Crippen MR) is 229 cm³/mol. The third-order valence-corrected chi connectivity index (χ3v) is 10.6.